The lowest BCUT2D eigenvalue weighted by Gasteiger charge is -2.06. The Bertz CT molecular complexity index is 510. The van der Waals surface area contributed by atoms with Gasteiger partial charge in [0.1, 0.15) is 5.75 Å². The van der Waals surface area contributed by atoms with Crippen LogP contribution >= 0.6 is 0 Å². The fourth-order valence-electron chi connectivity index (χ4n) is 1.53. The summed E-state index contributed by atoms with van der Waals surface area (Å²) in [5.41, 5.74) is 5.25. The zero-order valence-corrected chi connectivity index (χ0v) is 9.77. The summed E-state index contributed by atoms with van der Waals surface area (Å²) in [5.74, 6) is 6.71. The van der Waals surface area contributed by atoms with Gasteiger partial charge in [-0.15, -0.1) is 10.2 Å². The van der Waals surface area contributed by atoms with Crippen LogP contribution in [0.3, 0.4) is 0 Å². The summed E-state index contributed by atoms with van der Waals surface area (Å²) in [7, 11) is 1.64. The number of aromatic nitrogens is 2. The van der Waals surface area contributed by atoms with Crippen LogP contribution in [0.5, 0.6) is 5.75 Å². The molecule has 5 heteroatoms. The number of benzene rings is 1. The highest BCUT2D eigenvalue weighted by atomic mass is 16.5. The molecule has 0 saturated heterocycles. The van der Waals surface area contributed by atoms with Gasteiger partial charge in [-0.3, -0.25) is 0 Å². The Kier molecular flexibility index (Phi) is 3.20. The number of nitrogens with two attached hydrogens (primary N) is 1. The smallest absolute Gasteiger partial charge is 0.165 e. The summed E-state index contributed by atoms with van der Waals surface area (Å²) in [6.07, 6.45) is 0. The third kappa shape index (κ3) is 2.34. The standard InChI is InChI=1S/C12H14N4O/c1-8-7-11(15-16-12(8)14-13)9-3-5-10(17-2)6-4-9/h3-7H,13H2,1-2H3,(H,14,16). The minimum absolute atomic E-state index is 0.585. The molecule has 0 radical (unpaired) electrons. The van der Waals surface area contributed by atoms with Crippen LogP contribution in [0.2, 0.25) is 0 Å². The van der Waals surface area contributed by atoms with Crippen molar-refractivity contribution in [3.63, 3.8) is 0 Å². The Balaban J connectivity index is 2.35. The Morgan fingerprint density at radius 2 is 1.88 bits per heavy atom. The van der Waals surface area contributed by atoms with Gasteiger partial charge in [-0.2, -0.15) is 0 Å². The number of rotatable bonds is 3. The first-order valence-electron chi connectivity index (χ1n) is 5.20. The van der Waals surface area contributed by atoms with Crippen molar-refractivity contribution < 1.29 is 4.74 Å². The number of nitrogens with one attached hydrogen (secondary N) is 1. The van der Waals surface area contributed by atoms with Crippen LogP contribution in [0.25, 0.3) is 11.3 Å². The topological polar surface area (TPSA) is 73.1 Å². The lowest BCUT2D eigenvalue weighted by atomic mass is 10.1. The predicted octanol–water partition coefficient (Wildman–Crippen LogP) is 1.75. The van der Waals surface area contributed by atoms with Gasteiger partial charge in [0.15, 0.2) is 5.82 Å². The lowest BCUT2D eigenvalue weighted by molar-refractivity contribution is 0.415. The van der Waals surface area contributed by atoms with Crippen molar-refractivity contribution in [1.29, 1.82) is 0 Å². The summed E-state index contributed by atoms with van der Waals surface area (Å²) >= 11 is 0. The third-order valence-electron chi connectivity index (χ3n) is 2.51. The Hall–Kier alpha value is -2.14. The van der Waals surface area contributed by atoms with Crippen LogP contribution in [0, 0.1) is 6.92 Å². The maximum atomic E-state index is 5.31. The van der Waals surface area contributed by atoms with Gasteiger partial charge >= 0.3 is 0 Å². The van der Waals surface area contributed by atoms with Crippen molar-refractivity contribution in [2.75, 3.05) is 12.5 Å². The van der Waals surface area contributed by atoms with Crippen LogP contribution in [-0.2, 0) is 0 Å². The molecule has 17 heavy (non-hydrogen) atoms. The van der Waals surface area contributed by atoms with Gasteiger partial charge < -0.3 is 10.2 Å². The highest BCUT2D eigenvalue weighted by molar-refractivity contribution is 5.62. The van der Waals surface area contributed by atoms with Gasteiger partial charge in [-0.05, 0) is 42.8 Å². The number of nitrogen functional groups attached to an aromatic ring is 1. The highest BCUT2D eigenvalue weighted by Gasteiger charge is 2.04. The summed E-state index contributed by atoms with van der Waals surface area (Å²) < 4.78 is 5.10. The molecule has 0 unspecified atom stereocenters. The average molecular weight is 230 g/mol. The van der Waals surface area contributed by atoms with Crippen LogP contribution in [0.1, 0.15) is 5.56 Å². The van der Waals surface area contributed by atoms with Gasteiger partial charge in [0.25, 0.3) is 0 Å². The number of hydrogen-bond acceptors (Lipinski definition) is 5. The highest BCUT2D eigenvalue weighted by Crippen LogP contribution is 2.22. The maximum absolute atomic E-state index is 5.31. The Labute approximate surface area is 99.6 Å². The average Bonchev–Trinajstić information content (AvgIpc) is 2.39. The molecule has 0 aliphatic heterocycles. The zero-order valence-electron chi connectivity index (χ0n) is 9.77. The number of ether oxygens (including phenoxy) is 1. The van der Waals surface area contributed by atoms with E-state index in [1.165, 1.54) is 0 Å². The van der Waals surface area contributed by atoms with Crippen molar-refractivity contribution in [3.05, 3.63) is 35.9 Å². The van der Waals surface area contributed by atoms with E-state index < -0.39 is 0 Å². The SMILES string of the molecule is COc1ccc(-c2cc(C)c(NN)nn2)cc1. The molecule has 0 aliphatic rings. The van der Waals surface area contributed by atoms with Crippen LogP contribution in [0.15, 0.2) is 30.3 Å². The molecular weight excluding hydrogens is 216 g/mol. The Morgan fingerprint density at radius 3 is 2.41 bits per heavy atom. The second-order valence-corrected chi connectivity index (χ2v) is 3.63. The molecule has 0 amide bonds. The molecule has 0 bridgehead atoms. The molecule has 0 atom stereocenters. The van der Waals surface area contributed by atoms with Crippen molar-refractivity contribution >= 4 is 5.82 Å². The van der Waals surface area contributed by atoms with Crippen LogP contribution < -0.4 is 16.0 Å². The van der Waals surface area contributed by atoms with Gasteiger partial charge in [-0.25, -0.2) is 5.84 Å². The summed E-state index contributed by atoms with van der Waals surface area (Å²) in [5, 5.41) is 8.10. The molecule has 5 nitrogen and oxygen atoms in total. The van der Waals surface area contributed by atoms with Crippen molar-refractivity contribution in [2.24, 2.45) is 5.84 Å². The second kappa shape index (κ2) is 4.80. The van der Waals surface area contributed by atoms with Crippen molar-refractivity contribution in [2.45, 2.75) is 6.92 Å². The summed E-state index contributed by atoms with van der Waals surface area (Å²) in [6, 6.07) is 9.60. The van der Waals surface area contributed by atoms with E-state index in [4.69, 9.17) is 10.6 Å². The molecule has 0 spiro atoms. The van der Waals surface area contributed by atoms with E-state index in [0.29, 0.717) is 5.82 Å². The monoisotopic (exact) mass is 230 g/mol. The summed E-state index contributed by atoms with van der Waals surface area (Å²) in [4.78, 5) is 0. The quantitative estimate of drug-likeness (QED) is 0.620. The first-order valence-corrected chi connectivity index (χ1v) is 5.20. The molecular formula is C12H14N4O. The van der Waals surface area contributed by atoms with E-state index in [9.17, 15) is 0 Å². The molecule has 0 aliphatic carbocycles. The molecule has 1 heterocycles. The molecule has 88 valence electrons. The first-order chi connectivity index (χ1) is 8.24. The Morgan fingerprint density at radius 1 is 1.18 bits per heavy atom. The molecule has 1 aromatic heterocycles. The van der Waals surface area contributed by atoms with E-state index >= 15 is 0 Å². The maximum Gasteiger partial charge on any atom is 0.165 e. The van der Waals surface area contributed by atoms with Crippen LogP contribution in [0.4, 0.5) is 5.82 Å². The normalized spacial score (nSPS) is 10.1. The minimum atomic E-state index is 0.585. The van der Waals surface area contributed by atoms with Gasteiger partial charge in [-0.1, -0.05) is 0 Å². The summed E-state index contributed by atoms with van der Waals surface area (Å²) in [6.45, 7) is 1.93. The fourth-order valence-corrected chi connectivity index (χ4v) is 1.53. The molecule has 0 fully saturated rings. The van der Waals surface area contributed by atoms with Crippen molar-refractivity contribution in [3.8, 4) is 17.0 Å². The number of methoxy groups -OCH3 is 1. The molecule has 2 aromatic rings. The number of anilines is 1. The number of hydrogen-bond donors (Lipinski definition) is 2. The molecule has 2 rings (SSSR count). The van der Waals surface area contributed by atoms with Crippen molar-refractivity contribution in [1.82, 2.24) is 10.2 Å². The zero-order chi connectivity index (χ0) is 12.3. The predicted molar refractivity (Wildman–Crippen MR) is 66.6 cm³/mol. The lowest BCUT2D eigenvalue weighted by Crippen LogP contribution is -2.11. The molecule has 1 aromatic carbocycles. The van der Waals surface area contributed by atoms with Crippen LogP contribution in [-0.4, -0.2) is 17.3 Å². The fraction of sp³-hybridized carbons (Fsp3) is 0.167. The van der Waals surface area contributed by atoms with Gasteiger partial charge in [0, 0.05) is 5.56 Å². The number of aryl methyl sites for hydroxylation is 1. The first kappa shape index (κ1) is 11.3. The second-order valence-electron chi connectivity index (χ2n) is 3.63. The number of nitrogens with zero attached hydrogens (tertiary/aromatic N) is 2. The number of hydrazine groups is 1. The largest absolute Gasteiger partial charge is 0.497 e. The van der Waals surface area contributed by atoms with Gasteiger partial charge in [0.05, 0.1) is 12.8 Å². The van der Waals surface area contributed by atoms with E-state index in [0.717, 1.165) is 22.6 Å². The van der Waals surface area contributed by atoms with E-state index in [1.54, 1.807) is 7.11 Å². The van der Waals surface area contributed by atoms with E-state index in [2.05, 4.69) is 15.6 Å². The molecule has 0 saturated carbocycles. The molecule has 3 N–H and O–H groups in total. The van der Waals surface area contributed by atoms with E-state index in [1.807, 2.05) is 37.3 Å². The van der Waals surface area contributed by atoms with Gasteiger partial charge in [0.2, 0.25) is 0 Å². The minimum Gasteiger partial charge on any atom is -0.497 e. The van der Waals surface area contributed by atoms with E-state index in [-0.39, 0.29) is 0 Å². The third-order valence-corrected chi connectivity index (χ3v) is 2.51.